The molecule has 2 heterocycles. The summed E-state index contributed by atoms with van der Waals surface area (Å²) in [6, 6.07) is 0. The van der Waals surface area contributed by atoms with Gasteiger partial charge in [0.25, 0.3) is 10.0 Å². The van der Waals surface area contributed by atoms with E-state index in [4.69, 9.17) is 5.11 Å². The highest BCUT2D eigenvalue weighted by atomic mass is 32.2. The van der Waals surface area contributed by atoms with Gasteiger partial charge in [-0.1, -0.05) is 0 Å². The highest BCUT2D eigenvalue weighted by Gasteiger charge is 2.24. The minimum atomic E-state index is -3.55. The molecule has 6 nitrogen and oxygen atoms in total. The van der Waals surface area contributed by atoms with Gasteiger partial charge in [-0.05, 0) is 13.3 Å². The van der Waals surface area contributed by atoms with Gasteiger partial charge >= 0.3 is 0 Å². The molecule has 0 aliphatic carbocycles. The first-order valence-electron chi connectivity index (χ1n) is 5.23. The maximum absolute atomic E-state index is 11.9. The third kappa shape index (κ3) is 2.11. The summed E-state index contributed by atoms with van der Waals surface area (Å²) in [6.45, 7) is 2.24. The van der Waals surface area contributed by atoms with Gasteiger partial charge in [0.2, 0.25) is 0 Å². The van der Waals surface area contributed by atoms with E-state index in [1.54, 1.807) is 4.57 Å². The quantitative estimate of drug-likeness (QED) is 0.748. The van der Waals surface area contributed by atoms with Gasteiger partial charge in [0.05, 0.1) is 12.3 Å². The van der Waals surface area contributed by atoms with Crippen molar-refractivity contribution in [2.75, 3.05) is 6.54 Å². The lowest BCUT2D eigenvalue weighted by Crippen LogP contribution is -2.31. The summed E-state index contributed by atoms with van der Waals surface area (Å²) >= 11 is 0. The molecular formula is C9H15N3O3S. The van der Waals surface area contributed by atoms with E-state index in [2.05, 4.69) is 9.71 Å². The molecule has 1 atom stereocenters. The number of aryl methyl sites for hydroxylation is 1. The first-order valence-corrected chi connectivity index (χ1v) is 6.71. The van der Waals surface area contributed by atoms with Crippen LogP contribution in [0.1, 0.15) is 19.2 Å². The van der Waals surface area contributed by atoms with Gasteiger partial charge < -0.3 is 9.67 Å². The number of fused-ring (bicyclic) bond motifs is 1. The van der Waals surface area contributed by atoms with Gasteiger partial charge in [0.1, 0.15) is 5.82 Å². The SMILES string of the molecule is CC(O)CNS(=O)(=O)c1cnc2n1CCC2. The zero-order valence-corrected chi connectivity index (χ0v) is 9.87. The standard InChI is InChI=1S/C9H15N3O3S/c1-7(13)5-11-16(14,15)9-6-10-8-3-2-4-12(8)9/h6-7,11,13H,2-5H2,1H3. The second kappa shape index (κ2) is 4.15. The van der Waals surface area contributed by atoms with Crippen LogP contribution in [-0.4, -0.2) is 35.7 Å². The van der Waals surface area contributed by atoms with Gasteiger partial charge in [-0.2, -0.15) is 0 Å². The van der Waals surface area contributed by atoms with Crippen LogP contribution in [0, 0.1) is 0 Å². The molecule has 0 fully saturated rings. The monoisotopic (exact) mass is 245 g/mol. The summed E-state index contributed by atoms with van der Waals surface area (Å²) in [7, 11) is -3.55. The third-order valence-electron chi connectivity index (χ3n) is 2.53. The Labute approximate surface area is 94.4 Å². The van der Waals surface area contributed by atoms with E-state index in [0.29, 0.717) is 6.54 Å². The smallest absolute Gasteiger partial charge is 0.257 e. The van der Waals surface area contributed by atoms with Crippen LogP contribution in [0.25, 0.3) is 0 Å². The van der Waals surface area contributed by atoms with Gasteiger partial charge in [0, 0.05) is 19.5 Å². The van der Waals surface area contributed by atoms with Crippen molar-refractivity contribution in [2.24, 2.45) is 0 Å². The van der Waals surface area contributed by atoms with Gasteiger partial charge in [0.15, 0.2) is 5.03 Å². The Kier molecular flexibility index (Phi) is 3.00. The molecule has 0 radical (unpaired) electrons. The Morgan fingerprint density at radius 1 is 1.69 bits per heavy atom. The van der Waals surface area contributed by atoms with Crippen LogP contribution in [0.2, 0.25) is 0 Å². The van der Waals surface area contributed by atoms with Crippen molar-refractivity contribution in [1.29, 1.82) is 0 Å². The van der Waals surface area contributed by atoms with Crippen molar-refractivity contribution in [3.05, 3.63) is 12.0 Å². The predicted molar refractivity (Wildman–Crippen MR) is 57.4 cm³/mol. The minimum absolute atomic E-state index is 0.0167. The number of aromatic nitrogens is 2. The maximum Gasteiger partial charge on any atom is 0.257 e. The Morgan fingerprint density at radius 3 is 3.12 bits per heavy atom. The lowest BCUT2D eigenvalue weighted by atomic mass is 10.4. The molecule has 16 heavy (non-hydrogen) atoms. The van der Waals surface area contributed by atoms with Crippen LogP contribution in [0.3, 0.4) is 0 Å². The Hall–Kier alpha value is -0.920. The number of aliphatic hydroxyl groups is 1. The molecule has 0 amide bonds. The lowest BCUT2D eigenvalue weighted by molar-refractivity contribution is 0.198. The fourth-order valence-corrected chi connectivity index (χ4v) is 3.04. The van der Waals surface area contributed by atoms with Gasteiger partial charge in [-0.3, -0.25) is 0 Å². The van der Waals surface area contributed by atoms with Crippen molar-refractivity contribution >= 4 is 10.0 Å². The number of nitrogens with one attached hydrogen (secondary N) is 1. The molecule has 0 spiro atoms. The maximum atomic E-state index is 11.9. The molecule has 0 saturated heterocycles. The first-order chi connectivity index (χ1) is 7.50. The Morgan fingerprint density at radius 2 is 2.44 bits per heavy atom. The van der Waals surface area contributed by atoms with Crippen molar-refractivity contribution in [1.82, 2.24) is 14.3 Å². The Balaban J connectivity index is 2.23. The molecule has 1 aromatic heterocycles. The van der Waals surface area contributed by atoms with E-state index in [9.17, 15) is 8.42 Å². The summed E-state index contributed by atoms with van der Waals surface area (Å²) in [4.78, 5) is 4.07. The van der Waals surface area contributed by atoms with Crippen molar-refractivity contribution in [2.45, 2.75) is 37.4 Å². The predicted octanol–water partition coefficient (Wildman–Crippen LogP) is -0.512. The topological polar surface area (TPSA) is 84.2 Å². The molecular weight excluding hydrogens is 230 g/mol. The summed E-state index contributed by atoms with van der Waals surface area (Å²) < 4.78 is 27.8. The first kappa shape index (κ1) is 11.6. The molecule has 0 bridgehead atoms. The summed E-state index contributed by atoms with van der Waals surface area (Å²) in [6.07, 6.45) is 2.43. The fourth-order valence-electron chi connectivity index (χ4n) is 1.75. The Bertz CT molecular complexity index is 478. The van der Waals surface area contributed by atoms with E-state index < -0.39 is 16.1 Å². The van der Waals surface area contributed by atoms with E-state index >= 15 is 0 Å². The average molecular weight is 245 g/mol. The number of rotatable bonds is 4. The zero-order valence-electron chi connectivity index (χ0n) is 9.05. The second-order valence-electron chi connectivity index (χ2n) is 3.97. The van der Waals surface area contributed by atoms with Crippen LogP contribution in [-0.2, 0) is 23.0 Å². The third-order valence-corrected chi connectivity index (χ3v) is 3.95. The van der Waals surface area contributed by atoms with Crippen molar-refractivity contribution < 1.29 is 13.5 Å². The minimum Gasteiger partial charge on any atom is -0.392 e. The van der Waals surface area contributed by atoms with E-state index in [1.807, 2.05) is 0 Å². The van der Waals surface area contributed by atoms with Crippen LogP contribution < -0.4 is 4.72 Å². The summed E-state index contributed by atoms with van der Waals surface area (Å²) in [5.74, 6) is 0.817. The molecule has 1 unspecified atom stereocenters. The van der Waals surface area contributed by atoms with E-state index in [-0.39, 0.29) is 11.6 Å². The van der Waals surface area contributed by atoms with Crippen molar-refractivity contribution in [3.8, 4) is 0 Å². The van der Waals surface area contributed by atoms with Crippen LogP contribution >= 0.6 is 0 Å². The summed E-state index contributed by atoms with van der Waals surface area (Å²) in [5.41, 5.74) is 0. The number of nitrogens with zero attached hydrogens (tertiary/aromatic N) is 2. The average Bonchev–Trinajstić information content (AvgIpc) is 2.74. The highest BCUT2D eigenvalue weighted by Crippen LogP contribution is 2.19. The zero-order chi connectivity index (χ0) is 11.8. The molecule has 0 aromatic carbocycles. The molecule has 7 heteroatoms. The highest BCUT2D eigenvalue weighted by molar-refractivity contribution is 7.89. The molecule has 90 valence electrons. The van der Waals surface area contributed by atoms with Crippen LogP contribution in [0.5, 0.6) is 0 Å². The van der Waals surface area contributed by atoms with Crippen molar-refractivity contribution in [3.63, 3.8) is 0 Å². The molecule has 1 aliphatic rings. The van der Waals surface area contributed by atoms with Gasteiger partial charge in [-0.25, -0.2) is 18.1 Å². The number of sulfonamides is 1. The molecule has 1 aromatic rings. The lowest BCUT2D eigenvalue weighted by Gasteiger charge is -2.09. The number of imidazole rings is 1. The number of hydrogen-bond acceptors (Lipinski definition) is 4. The van der Waals surface area contributed by atoms with Crippen LogP contribution in [0.15, 0.2) is 11.2 Å². The number of hydrogen-bond donors (Lipinski definition) is 2. The fraction of sp³-hybridized carbons (Fsp3) is 0.667. The molecule has 1 aliphatic heterocycles. The normalized spacial score (nSPS) is 17.4. The van der Waals surface area contributed by atoms with E-state index in [0.717, 1.165) is 18.7 Å². The molecule has 0 saturated carbocycles. The molecule has 2 N–H and O–H groups in total. The second-order valence-corrected chi connectivity index (χ2v) is 5.68. The molecule has 2 rings (SSSR count). The van der Waals surface area contributed by atoms with E-state index in [1.165, 1.54) is 13.1 Å². The largest absolute Gasteiger partial charge is 0.392 e. The number of aliphatic hydroxyl groups excluding tert-OH is 1. The van der Waals surface area contributed by atoms with Gasteiger partial charge in [-0.15, -0.1) is 0 Å². The van der Waals surface area contributed by atoms with Crippen LogP contribution in [0.4, 0.5) is 0 Å². The summed E-state index contributed by atoms with van der Waals surface area (Å²) in [5, 5.41) is 9.25.